The summed E-state index contributed by atoms with van der Waals surface area (Å²) in [6, 6.07) is 0. The molecule has 14 heavy (non-hydrogen) atoms. The second-order valence-electron chi connectivity index (χ2n) is 2.94. The van der Waals surface area contributed by atoms with Crippen molar-refractivity contribution in [1.29, 1.82) is 0 Å². The molecular weight excluding hydrogens is 180 g/mol. The van der Waals surface area contributed by atoms with Gasteiger partial charge < -0.3 is 11.1 Å². The van der Waals surface area contributed by atoms with Crippen molar-refractivity contribution in [2.45, 2.75) is 6.42 Å². The normalized spacial score (nSPS) is 9.79. The zero-order valence-electron chi connectivity index (χ0n) is 8.16. The monoisotopic (exact) mass is 194 g/mol. The van der Waals surface area contributed by atoms with Crippen LogP contribution in [0, 0.1) is 0 Å². The largest absolute Gasteiger partial charge is 0.396 e. The number of carbonyl (C=O) groups is 1. The third-order valence-electron chi connectivity index (χ3n) is 1.71. The second kappa shape index (κ2) is 4.45. The molecule has 1 rings (SSSR count). The van der Waals surface area contributed by atoms with E-state index in [4.69, 9.17) is 5.73 Å². The molecule has 5 nitrogen and oxygen atoms in total. The number of nitrogens with two attached hydrogens (primary N) is 1. The first-order valence-corrected chi connectivity index (χ1v) is 4.33. The Morgan fingerprint density at radius 1 is 1.86 bits per heavy atom. The van der Waals surface area contributed by atoms with Gasteiger partial charge in [-0.3, -0.25) is 9.48 Å². The molecule has 0 aliphatic rings. The van der Waals surface area contributed by atoms with Crippen molar-refractivity contribution in [1.82, 2.24) is 15.1 Å². The Bertz CT molecular complexity index is 343. The third kappa shape index (κ3) is 2.35. The van der Waals surface area contributed by atoms with Crippen LogP contribution in [0.4, 0.5) is 5.69 Å². The molecule has 0 aliphatic carbocycles. The smallest absolute Gasteiger partial charge is 0.273 e. The molecule has 0 unspecified atom stereocenters. The van der Waals surface area contributed by atoms with E-state index in [0.717, 1.165) is 6.42 Å². The van der Waals surface area contributed by atoms with Gasteiger partial charge in [0.2, 0.25) is 0 Å². The lowest BCUT2D eigenvalue weighted by Gasteiger charge is -2.00. The zero-order chi connectivity index (χ0) is 10.6. The van der Waals surface area contributed by atoms with Crippen LogP contribution in [0.1, 0.15) is 16.9 Å². The van der Waals surface area contributed by atoms with Crippen LogP contribution in [-0.4, -0.2) is 22.2 Å². The fourth-order valence-electron chi connectivity index (χ4n) is 1.05. The predicted octanol–water partition coefficient (Wildman–Crippen LogP) is 0.308. The number of anilines is 1. The first-order valence-electron chi connectivity index (χ1n) is 4.33. The van der Waals surface area contributed by atoms with Crippen LogP contribution < -0.4 is 11.1 Å². The molecule has 0 aromatic carbocycles. The molecule has 0 spiro atoms. The number of rotatable bonds is 4. The van der Waals surface area contributed by atoms with E-state index in [1.165, 1.54) is 4.68 Å². The van der Waals surface area contributed by atoms with Gasteiger partial charge in [-0.15, -0.1) is 6.58 Å². The summed E-state index contributed by atoms with van der Waals surface area (Å²) in [4.78, 5) is 11.5. The summed E-state index contributed by atoms with van der Waals surface area (Å²) in [7, 11) is 1.72. The first-order chi connectivity index (χ1) is 6.65. The van der Waals surface area contributed by atoms with Gasteiger partial charge in [-0.2, -0.15) is 5.10 Å². The van der Waals surface area contributed by atoms with Gasteiger partial charge >= 0.3 is 0 Å². The van der Waals surface area contributed by atoms with Crippen molar-refractivity contribution < 1.29 is 4.79 Å². The van der Waals surface area contributed by atoms with Crippen molar-refractivity contribution in [3.63, 3.8) is 0 Å². The number of aryl methyl sites for hydroxylation is 1. The van der Waals surface area contributed by atoms with Crippen LogP contribution in [-0.2, 0) is 7.05 Å². The minimum Gasteiger partial charge on any atom is -0.396 e. The Hall–Kier alpha value is -1.78. The quantitative estimate of drug-likeness (QED) is 0.535. The van der Waals surface area contributed by atoms with E-state index >= 15 is 0 Å². The standard InChI is InChI=1S/C9H14N4O/c1-3-4-5-11-9(14)8-7(10)6-13(2)12-8/h3,6H,1,4-5,10H2,2H3,(H,11,14). The molecule has 0 saturated heterocycles. The number of hydrogen-bond donors (Lipinski definition) is 2. The highest BCUT2D eigenvalue weighted by molar-refractivity contribution is 5.96. The lowest BCUT2D eigenvalue weighted by molar-refractivity contribution is 0.0949. The van der Waals surface area contributed by atoms with Gasteiger partial charge in [0.05, 0.1) is 5.69 Å². The maximum Gasteiger partial charge on any atom is 0.273 e. The van der Waals surface area contributed by atoms with E-state index in [-0.39, 0.29) is 11.6 Å². The summed E-state index contributed by atoms with van der Waals surface area (Å²) in [6.07, 6.45) is 4.07. The maximum atomic E-state index is 11.5. The van der Waals surface area contributed by atoms with Crippen LogP contribution in [0.3, 0.4) is 0 Å². The van der Waals surface area contributed by atoms with E-state index in [9.17, 15) is 4.79 Å². The van der Waals surface area contributed by atoms with Crippen LogP contribution in [0.25, 0.3) is 0 Å². The number of amides is 1. The lowest BCUT2D eigenvalue weighted by atomic mass is 10.3. The van der Waals surface area contributed by atoms with Gasteiger partial charge in [0, 0.05) is 19.8 Å². The summed E-state index contributed by atoms with van der Waals surface area (Å²) in [6.45, 7) is 4.11. The molecule has 0 atom stereocenters. The van der Waals surface area contributed by atoms with Crippen LogP contribution in [0.15, 0.2) is 18.9 Å². The molecule has 1 amide bonds. The number of carbonyl (C=O) groups excluding carboxylic acids is 1. The number of aromatic nitrogens is 2. The molecule has 0 aliphatic heterocycles. The van der Waals surface area contributed by atoms with E-state index in [2.05, 4.69) is 17.0 Å². The highest BCUT2D eigenvalue weighted by Crippen LogP contribution is 2.07. The third-order valence-corrected chi connectivity index (χ3v) is 1.71. The minimum atomic E-state index is -0.245. The number of hydrogen-bond acceptors (Lipinski definition) is 3. The van der Waals surface area contributed by atoms with Gasteiger partial charge in [0.15, 0.2) is 5.69 Å². The zero-order valence-corrected chi connectivity index (χ0v) is 8.16. The maximum absolute atomic E-state index is 11.5. The van der Waals surface area contributed by atoms with E-state index in [1.54, 1.807) is 19.3 Å². The summed E-state index contributed by atoms with van der Waals surface area (Å²) in [5, 5.41) is 6.63. The molecule has 1 aromatic heterocycles. The van der Waals surface area contributed by atoms with Gasteiger partial charge in [0.1, 0.15) is 0 Å². The SMILES string of the molecule is C=CCCNC(=O)c1nn(C)cc1N. The van der Waals surface area contributed by atoms with Gasteiger partial charge in [-0.1, -0.05) is 6.08 Å². The van der Waals surface area contributed by atoms with E-state index in [0.29, 0.717) is 12.2 Å². The molecule has 3 N–H and O–H groups in total. The Labute approximate surface area is 82.6 Å². The first kappa shape index (κ1) is 10.3. The molecule has 5 heteroatoms. The van der Waals surface area contributed by atoms with Crippen molar-refractivity contribution in [3.8, 4) is 0 Å². The number of nitrogen functional groups attached to an aromatic ring is 1. The molecule has 1 aromatic rings. The highest BCUT2D eigenvalue weighted by Gasteiger charge is 2.12. The molecule has 0 fully saturated rings. The molecule has 0 saturated carbocycles. The van der Waals surface area contributed by atoms with Crippen molar-refractivity contribution in [3.05, 3.63) is 24.5 Å². The molecule has 0 bridgehead atoms. The van der Waals surface area contributed by atoms with E-state index < -0.39 is 0 Å². The van der Waals surface area contributed by atoms with Crippen molar-refractivity contribution in [2.24, 2.45) is 7.05 Å². The van der Waals surface area contributed by atoms with Crippen LogP contribution in [0.5, 0.6) is 0 Å². The van der Waals surface area contributed by atoms with Crippen LogP contribution in [0.2, 0.25) is 0 Å². The Morgan fingerprint density at radius 2 is 2.57 bits per heavy atom. The molecular formula is C9H14N4O. The summed E-state index contributed by atoms with van der Waals surface area (Å²) >= 11 is 0. The van der Waals surface area contributed by atoms with Gasteiger partial charge in [-0.05, 0) is 6.42 Å². The summed E-state index contributed by atoms with van der Waals surface area (Å²) in [5.74, 6) is -0.245. The highest BCUT2D eigenvalue weighted by atomic mass is 16.1. The predicted molar refractivity (Wildman–Crippen MR) is 54.8 cm³/mol. The Kier molecular flexibility index (Phi) is 3.28. The fourth-order valence-corrected chi connectivity index (χ4v) is 1.05. The van der Waals surface area contributed by atoms with E-state index in [1.807, 2.05) is 0 Å². The summed E-state index contributed by atoms with van der Waals surface area (Å²) < 4.78 is 1.51. The molecule has 76 valence electrons. The second-order valence-corrected chi connectivity index (χ2v) is 2.94. The van der Waals surface area contributed by atoms with Crippen LogP contribution >= 0.6 is 0 Å². The summed E-state index contributed by atoms with van der Waals surface area (Å²) in [5.41, 5.74) is 6.25. The Balaban J connectivity index is 2.60. The minimum absolute atomic E-state index is 0.245. The topological polar surface area (TPSA) is 72.9 Å². The number of nitrogens with one attached hydrogen (secondary N) is 1. The fraction of sp³-hybridized carbons (Fsp3) is 0.333. The lowest BCUT2D eigenvalue weighted by Crippen LogP contribution is -2.25. The average molecular weight is 194 g/mol. The van der Waals surface area contributed by atoms with Crippen molar-refractivity contribution in [2.75, 3.05) is 12.3 Å². The molecule has 1 heterocycles. The van der Waals surface area contributed by atoms with Gasteiger partial charge in [-0.25, -0.2) is 0 Å². The Morgan fingerprint density at radius 3 is 3.07 bits per heavy atom. The average Bonchev–Trinajstić information content (AvgIpc) is 2.45. The van der Waals surface area contributed by atoms with Crippen molar-refractivity contribution >= 4 is 11.6 Å². The molecule has 0 radical (unpaired) electrons. The number of nitrogens with zero attached hydrogens (tertiary/aromatic N) is 2. The van der Waals surface area contributed by atoms with Gasteiger partial charge in [0.25, 0.3) is 5.91 Å².